The number of aliphatic hydroxyl groups excluding tert-OH is 1. The Balaban J connectivity index is 2.02. The van der Waals surface area contributed by atoms with Crippen LogP contribution >= 0.6 is 11.6 Å². The van der Waals surface area contributed by atoms with Crippen LogP contribution in [-0.2, 0) is 19.9 Å². The summed E-state index contributed by atoms with van der Waals surface area (Å²) in [5, 5.41) is 15.7. The van der Waals surface area contributed by atoms with Gasteiger partial charge in [-0.05, 0) is 43.4 Å². The van der Waals surface area contributed by atoms with Crippen LogP contribution in [-0.4, -0.2) is 21.0 Å². The standard InChI is InChI=1S/C16H27ClN2O/c1-5-12-15(17)13(19(4)18-12)10-14(20)11-6-8-16(2,3)9-7-11/h11,14,20H,5-10H2,1-4H3. The molecule has 0 radical (unpaired) electrons. The van der Waals surface area contributed by atoms with Gasteiger partial charge < -0.3 is 5.11 Å². The maximum atomic E-state index is 10.5. The topological polar surface area (TPSA) is 38.0 Å². The van der Waals surface area contributed by atoms with E-state index in [1.54, 1.807) is 0 Å². The maximum absolute atomic E-state index is 10.5. The van der Waals surface area contributed by atoms with Gasteiger partial charge in [-0.1, -0.05) is 32.4 Å². The van der Waals surface area contributed by atoms with E-state index in [4.69, 9.17) is 11.6 Å². The monoisotopic (exact) mass is 298 g/mol. The summed E-state index contributed by atoms with van der Waals surface area (Å²) in [6.45, 7) is 6.69. The molecule has 0 amide bonds. The third-order valence-electron chi connectivity index (χ3n) is 4.83. The second kappa shape index (κ2) is 6.07. The molecule has 0 saturated heterocycles. The van der Waals surface area contributed by atoms with E-state index in [2.05, 4.69) is 25.9 Å². The molecule has 20 heavy (non-hydrogen) atoms. The van der Waals surface area contributed by atoms with Gasteiger partial charge in [0.15, 0.2) is 0 Å². The highest BCUT2D eigenvalue weighted by Crippen LogP contribution is 2.40. The van der Waals surface area contributed by atoms with E-state index >= 15 is 0 Å². The number of halogens is 1. The van der Waals surface area contributed by atoms with Crippen LogP contribution in [0.15, 0.2) is 0 Å². The van der Waals surface area contributed by atoms with Crippen LogP contribution in [0, 0.1) is 11.3 Å². The lowest BCUT2D eigenvalue weighted by molar-refractivity contribution is 0.0564. The van der Waals surface area contributed by atoms with Gasteiger partial charge in [-0.2, -0.15) is 5.10 Å². The molecule has 3 nitrogen and oxygen atoms in total. The molecule has 1 saturated carbocycles. The van der Waals surface area contributed by atoms with Gasteiger partial charge in [0.2, 0.25) is 0 Å². The van der Waals surface area contributed by atoms with E-state index in [1.165, 1.54) is 12.8 Å². The summed E-state index contributed by atoms with van der Waals surface area (Å²) in [5.41, 5.74) is 2.34. The smallest absolute Gasteiger partial charge is 0.0850 e. The molecule has 1 N–H and O–H groups in total. The first-order chi connectivity index (χ1) is 9.34. The average Bonchev–Trinajstić information content (AvgIpc) is 2.66. The fourth-order valence-electron chi connectivity index (χ4n) is 3.21. The van der Waals surface area contributed by atoms with Crippen molar-refractivity contribution in [1.82, 2.24) is 9.78 Å². The second-order valence-electron chi connectivity index (χ2n) is 6.96. The minimum absolute atomic E-state index is 0.302. The fourth-order valence-corrected chi connectivity index (χ4v) is 3.58. The zero-order valence-electron chi connectivity index (χ0n) is 13.1. The predicted molar refractivity (Wildman–Crippen MR) is 83.0 cm³/mol. The molecule has 2 rings (SSSR count). The zero-order valence-corrected chi connectivity index (χ0v) is 13.9. The summed E-state index contributed by atoms with van der Waals surface area (Å²) in [6.07, 6.45) is 5.79. The summed E-state index contributed by atoms with van der Waals surface area (Å²) < 4.78 is 1.83. The third-order valence-corrected chi connectivity index (χ3v) is 5.27. The van der Waals surface area contributed by atoms with Crippen LogP contribution < -0.4 is 0 Å². The molecular formula is C16H27ClN2O. The number of nitrogens with zero attached hydrogens (tertiary/aromatic N) is 2. The fraction of sp³-hybridized carbons (Fsp3) is 0.812. The highest BCUT2D eigenvalue weighted by molar-refractivity contribution is 6.31. The normalized spacial score (nSPS) is 21.1. The SMILES string of the molecule is CCc1nn(C)c(CC(O)C2CCC(C)(C)CC2)c1Cl. The molecule has 1 heterocycles. The van der Waals surface area contributed by atoms with Crippen LogP contribution in [0.2, 0.25) is 5.02 Å². The van der Waals surface area contributed by atoms with Crippen molar-refractivity contribution in [2.45, 2.75) is 65.4 Å². The van der Waals surface area contributed by atoms with Crippen LogP contribution in [0.3, 0.4) is 0 Å². The summed E-state index contributed by atoms with van der Waals surface area (Å²) >= 11 is 6.36. The van der Waals surface area contributed by atoms with Gasteiger partial charge >= 0.3 is 0 Å². The van der Waals surface area contributed by atoms with E-state index in [9.17, 15) is 5.11 Å². The Kier molecular flexibility index (Phi) is 4.80. The van der Waals surface area contributed by atoms with Crippen LogP contribution in [0.25, 0.3) is 0 Å². The largest absolute Gasteiger partial charge is 0.392 e. The Hall–Kier alpha value is -0.540. The minimum Gasteiger partial charge on any atom is -0.392 e. The summed E-state index contributed by atoms with van der Waals surface area (Å²) in [4.78, 5) is 0. The van der Waals surface area contributed by atoms with Crippen molar-refractivity contribution in [2.24, 2.45) is 18.4 Å². The first-order valence-electron chi connectivity index (χ1n) is 7.72. The number of hydrogen-bond acceptors (Lipinski definition) is 2. The summed E-state index contributed by atoms with van der Waals surface area (Å²) in [5.74, 6) is 0.402. The maximum Gasteiger partial charge on any atom is 0.0850 e. The molecule has 0 spiro atoms. The van der Waals surface area contributed by atoms with Gasteiger partial charge in [0.05, 0.1) is 22.5 Å². The molecule has 1 atom stereocenters. The van der Waals surface area contributed by atoms with Crippen LogP contribution in [0.4, 0.5) is 0 Å². The van der Waals surface area contributed by atoms with E-state index in [1.807, 2.05) is 11.7 Å². The Morgan fingerprint density at radius 3 is 2.50 bits per heavy atom. The predicted octanol–water partition coefficient (Wildman–Crippen LogP) is 3.76. The van der Waals surface area contributed by atoms with Crippen molar-refractivity contribution in [2.75, 3.05) is 0 Å². The highest BCUT2D eigenvalue weighted by atomic mass is 35.5. The number of hydrogen-bond donors (Lipinski definition) is 1. The van der Waals surface area contributed by atoms with Crippen molar-refractivity contribution < 1.29 is 5.11 Å². The quantitative estimate of drug-likeness (QED) is 0.919. The number of aliphatic hydroxyl groups is 1. The average molecular weight is 299 g/mol. The third kappa shape index (κ3) is 3.37. The first kappa shape index (κ1) is 15.8. The molecule has 4 heteroatoms. The number of rotatable bonds is 4. The summed E-state index contributed by atoms with van der Waals surface area (Å²) in [7, 11) is 1.91. The van der Waals surface area contributed by atoms with E-state index < -0.39 is 0 Å². The zero-order chi connectivity index (χ0) is 14.9. The van der Waals surface area contributed by atoms with Crippen molar-refractivity contribution in [3.63, 3.8) is 0 Å². The molecule has 0 aliphatic heterocycles. The van der Waals surface area contributed by atoms with Crippen molar-refractivity contribution >= 4 is 11.6 Å². The lowest BCUT2D eigenvalue weighted by atomic mass is 9.71. The molecule has 0 bridgehead atoms. The molecule has 114 valence electrons. The van der Waals surface area contributed by atoms with Gasteiger partial charge in [0, 0.05) is 13.5 Å². The van der Waals surface area contributed by atoms with Crippen molar-refractivity contribution in [1.29, 1.82) is 0 Å². The lowest BCUT2D eigenvalue weighted by Crippen LogP contribution is -2.30. The molecule has 1 aliphatic carbocycles. The second-order valence-corrected chi connectivity index (χ2v) is 7.34. The molecule has 1 aromatic rings. The molecule has 1 aliphatic rings. The Labute approximate surface area is 127 Å². The van der Waals surface area contributed by atoms with Gasteiger partial charge in [0.1, 0.15) is 0 Å². The van der Waals surface area contributed by atoms with E-state index in [0.717, 1.165) is 35.7 Å². The number of aryl methyl sites for hydroxylation is 2. The molecule has 1 unspecified atom stereocenters. The molecule has 0 aromatic carbocycles. The summed E-state index contributed by atoms with van der Waals surface area (Å²) in [6, 6.07) is 0. The molecule has 1 aromatic heterocycles. The Morgan fingerprint density at radius 1 is 1.40 bits per heavy atom. The van der Waals surface area contributed by atoms with Gasteiger partial charge in [-0.15, -0.1) is 0 Å². The molecular weight excluding hydrogens is 272 g/mol. The van der Waals surface area contributed by atoms with Crippen molar-refractivity contribution in [3.8, 4) is 0 Å². The van der Waals surface area contributed by atoms with Crippen molar-refractivity contribution in [3.05, 3.63) is 16.4 Å². The van der Waals surface area contributed by atoms with Crippen LogP contribution in [0.5, 0.6) is 0 Å². The lowest BCUT2D eigenvalue weighted by Gasteiger charge is -2.36. The number of aromatic nitrogens is 2. The van der Waals surface area contributed by atoms with Gasteiger partial charge in [-0.3, -0.25) is 4.68 Å². The van der Waals surface area contributed by atoms with E-state index in [0.29, 0.717) is 17.8 Å². The first-order valence-corrected chi connectivity index (χ1v) is 8.10. The van der Waals surface area contributed by atoms with Gasteiger partial charge in [0.25, 0.3) is 0 Å². The van der Waals surface area contributed by atoms with Gasteiger partial charge in [-0.25, -0.2) is 0 Å². The molecule has 1 fully saturated rings. The highest BCUT2D eigenvalue weighted by Gasteiger charge is 2.31. The van der Waals surface area contributed by atoms with Crippen LogP contribution in [0.1, 0.15) is 57.8 Å². The Morgan fingerprint density at radius 2 is 2.00 bits per heavy atom. The Bertz CT molecular complexity index is 457. The van der Waals surface area contributed by atoms with E-state index in [-0.39, 0.29) is 6.10 Å². The minimum atomic E-state index is -0.302.